The van der Waals surface area contributed by atoms with Crippen LogP contribution in [-0.2, 0) is 17.6 Å². The van der Waals surface area contributed by atoms with Gasteiger partial charge in [-0.3, -0.25) is 9.78 Å². The molecule has 1 aliphatic rings. The fourth-order valence-electron chi connectivity index (χ4n) is 3.93. The Labute approximate surface area is 193 Å². The average molecular weight is 442 g/mol. The second kappa shape index (κ2) is 10.6. The molecule has 2 aromatic heterocycles. The van der Waals surface area contributed by atoms with Gasteiger partial charge < -0.3 is 15.5 Å². The van der Waals surface area contributed by atoms with E-state index in [1.807, 2.05) is 30.3 Å². The minimum absolute atomic E-state index is 0.00365. The molecule has 1 amide bonds. The van der Waals surface area contributed by atoms with Gasteiger partial charge in [-0.05, 0) is 42.7 Å². The third kappa shape index (κ3) is 6.04. The molecule has 0 bridgehead atoms. The molecular formula is C25H27N7O. The van der Waals surface area contributed by atoms with Crippen molar-refractivity contribution in [1.29, 1.82) is 5.26 Å². The number of rotatable bonds is 8. The molecule has 1 atom stereocenters. The van der Waals surface area contributed by atoms with Gasteiger partial charge in [-0.25, -0.2) is 4.98 Å². The van der Waals surface area contributed by atoms with E-state index in [0.29, 0.717) is 24.5 Å². The number of hydrogen-bond donors (Lipinski definition) is 2. The maximum absolute atomic E-state index is 12.4. The zero-order valence-electron chi connectivity index (χ0n) is 18.7. The molecule has 0 unspecified atom stereocenters. The average Bonchev–Trinajstić information content (AvgIpc) is 3.28. The summed E-state index contributed by atoms with van der Waals surface area (Å²) in [4.78, 5) is 28.1. The largest absolute Gasteiger partial charge is 0.354 e. The lowest BCUT2D eigenvalue weighted by atomic mass is 10.2. The van der Waals surface area contributed by atoms with Crippen molar-refractivity contribution in [2.75, 3.05) is 23.3 Å². The summed E-state index contributed by atoms with van der Waals surface area (Å²) in [5.74, 6) is 1.36. The molecule has 1 aromatic carbocycles. The number of aromatic nitrogens is 3. The van der Waals surface area contributed by atoms with Crippen LogP contribution in [0.2, 0.25) is 0 Å². The Bertz CT molecular complexity index is 1140. The topological polar surface area (TPSA) is 107 Å². The number of carbonyl (C=O) groups is 1. The van der Waals surface area contributed by atoms with Crippen LogP contribution in [0.1, 0.15) is 36.6 Å². The van der Waals surface area contributed by atoms with Gasteiger partial charge in [-0.2, -0.15) is 10.2 Å². The zero-order chi connectivity index (χ0) is 23.0. The predicted octanol–water partition coefficient (Wildman–Crippen LogP) is 3.38. The molecule has 8 heteroatoms. The van der Waals surface area contributed by atoms with Crippen LogP contribution in [0.15, 0.2) is 54.9 Å². The van der Waals surface area contributed by atoms with Crippen molar-refractivity contribution in [3.05, 3.63) is 71.7 Å². The Kier molecular flexibility index (Phi) is 7.10. The highest BCUT2D eigenvalue weighted by atomic mass is 16.1. The van der Waals surface area contributed by atoms with Crippen LogP contribution in [0, 0.1) is 11.3 Å². The normalized spacial score (nSPS) is 15.2. The first-order chi connectivity index (χ1) is 16.1. The van der Waals surface area contributed by atoms with Crippen LogP contribution in [-0.4, -0.2) is 40.0 Å². The summed E-state index contributed by atoms with van der Waals surface area (Å²) < 4.78 is 0. The lowest BCUT2D eigenvalue weighted by Gasteiger charge is -2.20. The van der Waals surface area contributed by atoms with Crippen LogP contribution < -0.4 is 15.5 Å². The zero-order valence-corrected chi connectivity index (χ0v) is 18.7. The van der Waals surface area contributed by atoms with Gasteiger partial charge in [0.2, 0.25) is 11.9 Å². The van der Waals surface area contributed by atoms with E-state index in [0.717, 1.165) is 48.6 Å². The summed E-state index contributed by atoms with van der Waals surface area (Å²) in [6.45, 7) is 3.63. The van der Waals surface area contributed by atoms with Crippen molar-refractivity contribution in [2.24, 2.45) is 0 Å². The monoisotopic (exact) mass is 441 g/mol. The van der Waals surface area contributed by atoms with E-state index in [2.05, 4.69) is 38.5 Å². The molecule has 2 N–H and O–H groups in total. The van der Waals surface area contributed by atoms with Crippen molar-refractivity contribution in [1.82, 2.24) is 20.3 Å². The molecule has 0 spiro atoms. The molecular weight excluding hydrogens is 414 g/mol. The van der Waals surface area contributed by atoms with E-state index in [4.69, 9.17) is 10.2 Å². The number of nitriles is 1. The van der Waals surface area contributed by atoms with Gasteiger partial charge in [-0.15, -0.1) is 0 Å². The number of anilines is 3. The van der Waals surface area contributed by atoms with E-state index in [9.17, 15) is 4.79 Å². The lowest BCUT2D eigenvalue weighted by Crippen LogP contribution is -2.38. The molecule has 8 nitrogen and oxygen atoms in total. The highest BCUT2D eigenvalue weighted by Gasteiger charge is 2.25. The van der Waals surface area contributed by atoms with Crippen LogP contribution in [0.3, 0.4) is 0 Å². The first-order valence-electron chi connectivity index (χ1n) is 11.2. The Morgan fingerprint density at radius 1 is 1.24 bits per heavy atom. The van der Waals surface area contributed by atoms with Gasteiger partial charge in [0.1, 0.15) is 5.82 Å². The molecule has 33 heavy (non-hydrogen) atoms. The molecule has 0 saturated carbocycles. The molecule has 3 aromatic rings. The van der Waals surface area contributed by atoms with E-state index in [1.165, 1.54) is 0 Å². The van der Waals surface area contributed by atoms with E-state index >= 15 is 0 Å². The van der Waals surface area contributed by atoms with E-state index < -0.39 is 0 Å². The van der Waals surface area contributed by atoms with Crippen LogP contribution in [0.4, 0.5) is 17.5 Å². The molecule has 4 rings (SSSR count). The van der Waals surface area contributed by atoms with Gasteiger partial charge in [0.15, 0.2) is 0 Å². The fraction of sp³-hybridized carbons (Fsp3) is 0.320. The highest BCUT2D eigenvalue weighted by molar-refractivity contribution is 5.79. The number of aryl methyl sites for hydroxylation is 1. The van der Waals surface area contributed by atoms with Crippen LogP contribution in [0.5, 0.6) is 0 Å². The van der Waals surface area contributed by atoms with Crippen molar-refractivity contribution < 1.29 is 4.79 Å². The first-order valence-corrected chi connectivity index (χ1v) is 11.2. The quantitative estimate of drug-likeness (QED) is 0.552. The van der Waals surface area contributed by atoms with Gasteiger partial charge >= 0.3 is 0 Å². The maximum Gasteiger partial charge on any atom is 0.229 e. The second-order valence-electron chi connectivity index (χ2n) is 8.15. The molecule has 1 aliphatic heterocycles. The number of hydrogen-bond acceptors (Lipinski definition) is 7. The number of benzene rings is 1. The highest BCUT2D eigenvalue weighted by Crippen LogP contribution is 2.23. The first kappa shape index (κ1) is 22.2. The summed E-state index contributed by atoms with van der Waals surface area (Å²) in [6, 6.07) is 15.3. The smallest absolute Gasteiger partial charge is 0.229 e. The number of nitrogens with zero attached hydrogens (tertiary/aromatic N) is 5. The van der Waals surface area contributed by atoms with E-state index in [1.54, 1.807) is 24.5 Å². The minimum atomic E-state index is 0.00365. The third-order valence-electron chi connectivity index (χ3n) is 5.48. The standard InChI is InChI=1S/C25H27N7O/c1-2-5-20-14-23(31-25(29-20)30-21-8-3-6-18(12-21)15-26)32-11-9-22(17-32)28-24(33)13-19-7-4-10-27-16-19/h3-4,6-8,10,12,14,16,22H,2,5,9,11,13,17H2,1H3,(H,28,33)(H,29,30,31)/t22-/m0/s1. The van der Waals surface area contributed by atoms with Gasteiger partial charge in [0, 0.05) is 49.0 Å². The van der Waals surface area contributed by atoms with Crippen LogP contribution >= 0.6 is 0 Å². The minimum Gasteiger partial charge on any atom is -0.354 e. The summed E-state index contributed by atoms with van der Waals surface area (Å²) in [5, 5.41) is 15.5. The molecule has 0 radical (unpaired) electrons. The summed E-state index contributed by atoms with van der Waals surface area (Å²) in [6.07, 6.45) is 6.44. The molecule has 0 aliphatic carbocycles. The van der Waals surface area contributed by atoms with E-state index in [-0.39, 0.29) is 11.9 Å². The third-order valence-corrected chi connectivity index (χ3v) is 5.48. The Balaban J connectivity index is 1.44. The Hall–Kier alpha value is -3.99. The lowest BCUT2D eigenvalue weighted by molar-refractivity contribution is -0.121. The van der Waals surface area contributed by atoms with Crippen LogP contribution in [0.25, 0.3) is 0 Å². The Morgan fingerprint density at radius 3 is 2.94 bits per heavy atom. The fourth-order valence-corrected chi connectivity index (χ4v) is 3.93. The molecule has 1 fully saturated rings. The maximum atomic E-state index is 12.4. The number of pyridine rings is 1. The number of carbonyl (C=O) groups excluding carboxylic acids is 1. The SMILES string of the molecule is CCCc1cc(N2CC[C@H](NC(=O)Cc3cccnc3)C2)nc(Nc2cccc(C#N)c2)n1. The molecule has 3 heterocycles. The summed E-state index contributed by atoms with van der Waals surface area (Å²) >= 11 is 0. The second-order valence-corrected chi connectivity index (χ2v) is 8.15. The van der Waals surface area contributed by atoms with Crippen molar-refractivity contribution in [2.45, 2.75) is 38.6 Å². The van der Waals surface area contributed by atoms with Gasteiger partial charge in [0.05, 0.1) is 18.1 Å². The van der Waals surface area contributed by atoms with Crippen molar-refractivity contribution >= 4 is 23.4 Å². The number of nitrogens with one attached hydrogen (secondary N) is 2. The summed E-state index contributed by atoms with van der Waals surface area (Å²) in [7, 11) is 0. The van der Waals surface area contributed by atoms with Crippen molar-refractivity contribution in [3.8, 4) is 6.07 Å². The van der Waals surface area contributed by atoms with Crippen molar-refractivity contribution in [3.63, 3.8) is 0 Å². The van der Waals surface area contributed by atoms with Gasteiger partial charge in [-0.1, -0.05) is 25.5 Å². The summed E-state index contributed by atoms with van der Waals surface area (Å²) in [5.41, 5.74) is 3.22. The molecule has 168 valence electrons. The predicted molar refractivity (Wildman–Crippen MR) is 127 cm³/mol. The Morgan fingerprint density at radius 2 is 2.15 bits per heavy atom. The number of amides is 1. The van der Waals surface area contributed by atoms with Gasteiger partial charge in [0.25, 0.3) is 0 Å². The molecule has 1 saturated heterocycles.